The van der Waals surface area contributed by atoms with Gasteiger partial charge in [0.1, 0.15) is 11.0 Å². The van der Waals surface area contributed by atoms with Gasteiger partial charge in [-0.2, -0.15) is 0 Å². The third-order valence-electron chi connectivity index (χ3n) is 4.09. The van der Waals surface area contributed by atoms with E-state index in [0.29, 0.717) is 4.99 Å². The largest absolute Gasteiger partial charge is 0.391 e. The summed E-state index contributed by atoms with van der Waals surface area (Å²) in [7, 11) is 0. The van der Waals surface area contributed by atoms with Gasteiger partial charge >= 0.3 is 0 Å². The zero-order chi connectivity index (χ0) is 14.5. The van der Waals surface area contributed by atoms with Gasteiger partial charge in [0.25, 0.3) is 0 Å². The molecule has 1 aromatic rings. The fraction of sp³-hybridized carbons (Fsp3) is 0.500. The highest BCUT2D eigenvalue weighted by Gasteiger charge is 2.27. The molecule has 20 heavy (non-hydrogen) atoms. The van der Waals surface area contributed by atoms with Crippen LogP contribution in [0.4, 0.5) is 0 Å². The summed E-state index contributed by atoms with van der Waals surface area (Å²) in [6.07, 6.45) is 4.18. The lowest BCUT2D eigenvalue weighted by Crippen LogP contribution is -2.40. The fourth-order valence-electron chi connectivity index (χ4n) is 2.75. The fourth-order valence-corrected chi connectivity index (χ4v) is 2.94. The number of thiocarbonyl (C=S) groups is 1. The monoisotopic (exact) mass is 290 g/mol. The average molecular weight is 290 g/mol. The molecule has 1 fully saturated rings. The van der Waals surface area contributed by atoms with E-state index in [9.17, 15) is 4.79 Å². The second kappa shape index (κ2) is 6.84. The maximum absolute atomic E-state index is 12.4. The van der Waals surface area contributed by atoms with Crippen LogP contribution < -0.4 is 11.1 Å². The van der Waals surface area contributed by atoms with Gasteiger partial charge in [0.05, 0.1) is 0 Å². The molecule has 1 aliphatic rings. The minimum Gasteiger partial charge on any atom is -0.391 e. The molecular weight excluding hydrogens is 268 g/mol. The molecule has 0 aliphatic heterocycles. The molecule has 108 valence electrons. The van der Waals surface area contributed by atoms with Crippen molar-refractivity contribution in [2.24, 2.45) is 17.6 Å². The van der Waals surface area contributed by atoms with Crippen LogP contribution in [0.2, 0.25) is 0 Å². The topological polar surface area (TPSA) is 55.1 Å². The van der Waals surface area contributed by atoms with Crippen LogP contribution >= 0.6 is 12.2 Å². The molecule has 0 radical (unpaired) electrons. The van der Waals surface area contributed by atoms with Crippen LogP contribution in [-0.2, 0) is 4.79 Å². The Morgan fingerprint density at radius 1 is 1.25 bits per heavy atom. The molecule has 1 aromatic carbocycles. The summed E-state index contributed by atoms with van der Waals surface area (Å²) < 4.78 is 0. The Kier molecular flexibility index (Phi) is 5.12. The molecule has 2 rings (SSSR count). The number of amides is 1. The van der Waals surface area contributed by atoms with Gasteiger partial charge in [-0.25, -0.2) is 0 Å². The van der Waals surface area contributed by atoms with E-state index in [0.717, 1.165) is 37.2 Å². The average Bonchev–Trinajstić information content (AvgIpc) is 2.46. The van der Waals surface area contributed by atoms with Crippen LogP contribution in [0.15, 0.2) is 30.3 Å². The van der Waals surface area contributed by atoms with Gasteiger partial charge in [0.2, 0.25) is 5.91 Å². The van der Waals surface area contributed by atoms with E-state index in [2.05, 4.69) is 12.2 Å². The van der Waals surface area contributed by atoms with E-state index in [-0.39, 0.29) is 17.9 Å². The summed E-state index contributed by atoms with van der Waals surface area (Å²) in [5.74, 6) is 0.921. The summed E-state index contributed by atoms with van der Waals surface area (Å²) in [4.78, 5) is 12.7. The van der Waals surface area contributed by atoms with Crippen LogP contribution in [0.5, 0.6) is 0 Å². The molecule has 1 saturated carbocycles. The Morgan fingerprint density at radius 3 is 2.40 bits per heavy atom. The molecular formula is C16H22N2OS. The van der Waals surface area contributed by atoms with E-state index in [1.807, 2.05) is 30.3 Å². The summed E-state index contributed by atoms with van der Waals surface area (Å²) in [5.41, 5.74) is 6.73. The van der Waals surface area contributed by atoms with Crippen molar-refractivity contribution in [3.05, 3.63) is 35.9 Å². The maximum Gasteiger partial charge on any atom is 0.223 e. The molecule has 1 amide bonds. The van der Waals surface area contributed by atoms with Gasteiger partial charge in [0, 0.05) is 5.92 Å². The highest BCUT2D eigenvalue weighted by Crippen LogP contribution is 2.29. The Balaban J connectivity index is 2.02. The molecule has 0 bridgehead atoms. The molecule has 3 nitrogen and oxygen atoms in total. The van der Waals surface area contributed by atoms with Crippen LogP contribution in [0.25, 0.3) is 0 Å². The Labute approximate surface area is 125 Å². The van der Waals surface area contributed by atoms with Gasteiger partial charge in [-0.15, -0.1) is 0 Å². The van der Waals surface area contributed by atoms with Crippen molar-refractivity contribution in [3.63, 3.8) is 0 Å². The van der Waals surface area contributed by atoms with Crippen molar-refractivity contribution in [2.45, 2.75) is 38.6 Å². The summed E-state index contributed by atoms with van der Waals surface area (Å²) in [6.45, 7) is 2.25. The first kappa shape index (κ1) is 15.0. The number of hydrogen-bond acceptors (Lipinski definition) is 2. The summed E-state index contributed by atoms with van der Waals surface area (Å²) >= 11 is 5.10. The van der Waals surface area contributed by atoms with Crippen molar-refractivity contribution < 1.29 is 4.79 Å². The lowest BCUT2D eigenvalue weighted by molar-refractivity contribution is -0.126. The van der Waals surface area contributed by atoms with Crippen LogP contribution in [-0.4, -0.2) is 10.9 Å². The van der Waals surface area contributed by atoms with Crippen LogP contribution in [0, 0.1) is 11.8 Å². The van der Waals surface area contributed by atoms with Crippen molar-refractivity contribution in [1.82, 2.24) is 5.32 Å². The zero-order valence-electron chi connectivity index (χ0n) is 11.8. The molecule has 0 aromatic heterocycles. The van der Waals surface area contributed by atoms with Crippen molar-refractivity contribution in [3.8, 4) is 0 Å². The summed E-state index contributed by atoms with van der Waals surface area (Å²) in [6, 6.07) is 9.30. The highest BCUT2D eigenvalue weighted by atomic mass is 32.1. The third-order valence-corrected chi connectivity index (χ3v) is 4.33. The number of rotatable bonds is 4. The van der Waals surface area contributed by atoms with Gasteiger partial charge < -0.3 is 11.1 Å². The van der Waals surface area contributed by atoms with Gasteiger partial charge in [0.15, 0.2) is 0 Å². The third kappa shape index (κ3) is 3.79. The Morgan fingerprint density at radius 2 is 1.85 bits per heavy atom. The van der Waals surface area contributed by atoms with Gasteiger partial charge in [-0.1, -0.05) is 49.5 Å². The molecule has 1 aliphatic carbocycles. The van der Waals surface area contributed by atoms with Crippen molar-refractivity contribution in [2.75, 3.05) is 0 Å². The SMILES string of the molecule is CC1CCC(C(=O)NC(C(N)=S)c2ccccc2)CC1. The molecule has 0 saturated heterocycles. The minimum atomic E-state index is -0.363. The number of nitrogens with two attached hydrogens (primary N) is 1. The van der Waals surface area contributed by atoms with E-state index in [1.54, 1.807) is 0 Å². The lowest BCUT2D eigenvalue weighted by Gasteiger charge is -2.27. The van der Waals surface area contributed by atoms with Gasteiger partial charge in [-0.3, -0.25) is 4.79 Å². The van der Waals surface area contributed by atoms with Crippen molar-refractivity contribution >= 4 is 23.1 Å². The molecule has 1 atom stereocenters. The Bertz CT molecular complexity index is 467. The number of carbonyl (C=O) groups excluding carboxylic acids is 1. The normalized spacial score (nSPS) is 23.9. The van der Waals surface area contributed by atoms with Crippen molar-refractivity contribution in [1.29, 1.82) is 0 Å². The van der Waals surface area contributed by atoms with E-state index in [1.165, 1.54) is 0 Å². The number of hydrogen-bond donors (Lipinski definition) is 2. The first-order chi connectivity index (χ1) is 9.58. The van der Waals surface area contributed by atoms with Crippen LogP contribution in [0.1, 0.15) is 44.2 Å². The minimum absolute atomic E-state index is 0.0820. The first-order valence-electron chi connectivity index (χ1n) is 7.22. The number of benzene rings is 1. The first-order valence-corrected chi connectivity index (χ1v) is 7.63. The van der Waals surface area contributed by atoms with E-state index < -0.39 is 0 Å². The second-order valence-corrected chi connectivity index (χ2v) is 6.18. The quantitative estimate of drug-likeness (QED) is 0.838. The number of nitrogens with one attached hydrogen (secondary N) is 1. The molecule has 0 spiro atoms. The second-order valence-electron chi connectivity index (χ2n) is 5.71. The van der Waals surface area contributed by atoms with E-state index >= 15 is 0 Å². The smallest absolute Gasteiger partial charge is 0.223 e. The molecule has 4 heteroatoms. The molecule has 3 N–H and O–H groups in total. The predicted molar refractivity (Wildman–Crippen MR) is 85.2 cm³/mol. The number of carbonyl (C=O) groups is 1. The summed E-state index contributed by atoms with van der Waals surface area (Å²) in [5, 5.41) is 3.01. The Hall–Kier alpha value is -1.42. The lowest BCUT2D eigenvalue weighted by atomic mass is 9.82. The standard InChI is InChI=1S/C16H22N2OS/c1-11-7-9-13(10-8-11)16(19)18-14(15(17)20)12-5-3-2-4-6-12/h2-6,11,13-14H,7-10H2,1H3,(H2,17,20)(H,18,19). The zero-order valence-corrected chi connectivity index (χ0v) is 12.7. The highest BCUT2D eigenvalue weighted by molar-refractivity contribution is 7.80. The van der Waals surface area contributed by atoms with Crippen LogP contribution in [0.3, 0.4) is 0 Å². The van der Waals surface area contributed by atoms with E-state index in [4.69, 9.17) is 18.0 Å². The molecule has 1 unspecified atom stereocenters. The van der Waals surface area contributed by atoms with Gasteiger partial charge in [-0.05, 0) is 37.2 Å². The predicted octanol–water partition coefficient (Wildman–Crippen LogP) is 2.96. The maximum atomic E-state index is 12.4. The molecule has 0 heterocycles.